The maximum absolute atomic E-state index is 14.1. The van der Waals surface area contributed by atoms with Gasteiger partial charge in [-0.3, -0.25) is 0 Å². The molecule has 3 atom stereocenters. The van der Waals surface area contributed by atoms with E-state index >= 15 is 0 Å². The molecule has 1 saturated carbocycles. The van der Waals surface area contributed by atoms with Gasteiger partial charge in [-0.25, -0.2) is 4.39 Å². The van der Waals surface area contributed by atoms with Crippen LogP contribution >= 0.6 is 15.9 Å². The Morgan fingerprint density at radius 2 is 2.30 bits per heavy atom. The van der Waals surface area contributed by atoms with Crippen molar-refractivity contribution < 1.29 is 9.50 Å². The minimum Gasteiger partial charge on any atom is -0.388 e. The van der Waals surface area contributed by atoms with Crippen molar-refractivity contribution in [1.29, 1.82) is 0 Å². The molecule has 1 aliphatic carbocycles. The average Bonchev–Trinajstić information content (AvgIpc) is 2.46. The van der Waals surface area contributed by atoms with Gasteiger partial charge in [0.15, 0.2) is 0 Å². The first kappa shape index (κ1) is 15.9. The lowest BCUT2D eigenvalue weighted by Gasteiger charge is -2.43. The first-order valence-electron chi connectivity index (χ1n) is 7.35. The quantitative estimate of drug-likeness (QED) is 0.861. The SMILES string of the molecule is CCC1CCCC(CN)(C(O)c2ccc(Br)cc2F)C1. The first-order chi connectivity index (χ1) is 9.52. The maximum Gasteiger partial charge on any atom is 0.130 e. The van der Waals surface area contributed by atoms with Crippen molar-refractivity contribution in [3.8, 4) is 0 Å². The molecule has 20 heavy (non-hydrogen) atoms. The van der Waals surface area contributed by atoms with Gasteiger partial charge in [0.2, 0.25) is 0 Å². The van der Waals surface area contributed by atoms with Gasteiger partial charge in [0, 0.05) is 22.0 Å². The van der Waals surface area contributed by atoms with E-state index in [1.54, 1.807) is 12.1 Å². The van der Waals surface area contributed by atoms with E-state index in [0.29, 0.717) is 22.5 Å². The third kappa shape index (κ3) is 3.07. The van der Waals surface area contributed by atoms with Crippen molar-refractivity contribution in [3.63, 3.8) is 0 Å². The molecular formula is C16H23BrFNO. The third-order valence-corrected chi connectivity index (χ3v) is 5.30. The molecule has 0 saturated heterocycles. The Morgan fingerprint density at radius 3 is 2.90 bits per heavy atom. The fourth-order valence-corrected chi connectivity index (χ4v) is 3.80. The molecule has 4 heteroatoms. The van der Waals surface area contributed by atoms with Crippen LogP contribution in [0.5, 0.6) is 0 Å². The van der Waals surface area contributed by atoms with Crippen LogP contribution in [-0.4, -0.2) is 11.7 Å². The van der Waals surface area contributed by atoms with Crippen molar-refractivity contribution in [1.82, 2.24) is 0 Å². The summed E-state index contributed by atoms with van der Waals surface area (Å²) in [5.41, 5.74) is 5.97. The standard InChI is InChI=1S/C16H23BrFNO/c1-2-11-4-3-7-16(9-11,10-19)15(20)13-6-5-12(17)8-14(13)18/h5-6,8,11,15,20H,2-4,7,9-10,19H2,1H3. The number of hydrogen-bond acceptors (Lipinski definition) is 2. The number of halogens is 2. The topological polar surface area (TPSA) is 46.2 Å². The lowest BCUT2D eigenvalue weighted by molar-refractivity contribution is -0.0181. The van der Waals surface area contributed by atoms with Crippen molar-refractivity contribution in [2.24, 2.45) is 17.1 Å². The van der Waals surface area contributed by atoms with E-state index in [4.69, 9.17) is 5.73 Å². The summed E-state index contributed by atoms with van der Waals surface area (Å²) < 4.78 is 14.8. The second-order valence-electron chi connectivity index (χ2n) is 6.01. The maximum atomic E-state index is 14.1. The highest BCUT2D eigenvalue weighted by molar-refractivity contribution is 9.10. The normalized spacial score (nSPS) is 28.4. The summed E-state index contributed by atoms with van der Waals surface area (Å²) in [7, 11) is 0. The molecule has 112 valence electrons. The molecule has 0 aliphatic heterocycles. The highest BCUT2D eigenvalue weighted by Crippen LogP contribution is 2.48. The van der Waals surface area contributed by atoms with Crippen LogP contribution in [0.25, 0.3) is 0 Å². The second kappa shape index (κ2) is 6.54. The van der Waals surface area contributed by atoms with Crippen molar-refractivity contribution in [2.45, 2.75) is 45.1 Å². The van der Waals surface area contributed by atoms with E-state index in [-0.39, 0.29) is 11.2 Å². The second-order valence-corrected chi connectivity index (χ2v) is 6.92. The van der Waals surface area contributed by atoms with Crippen LogP contribution in [0.3, 0.4) is 0 Å². The van der Waals surface area contributed by atoms with Gasteiger partial charge in [-0.1, -0.05) is 48.2 Å². The summed E-state index contributed by atoms with van der Waals surface area (Å²) >= 11 is 3.25. The molecular weight excluding hydrogens is 321 g/mol. The zero-order valence-electron chi connectivity index (χ0n) is 11.9. The van der Waals surface area contributed by atoms with E-state index in [0.717, 1.165) is 25.7 Å². The molecule has 1 aromatic rings. The Labute approximate surface area is 128 Å². The zero-order valence-corrected chi connectivity index (χ0v) is 13.5. The average molecular weight is 344 g/mol. The summed E-state index contributed by atoms with van der Waals surface area (Å²) in [5, 5.41) is 10.7. The van der Waals surface area contributed by atoms with Gasteiger partial charge in [-0.2, -0.15) is 0 Å². The number of rotatable bonds is 4. The fraction of sp³-hybridized carbons (Fsp3) is 0.625. The zero-order chi connectivity index (χ0) is 14.8. The van der Waals surface area contributed by atoms with Crippen LogP contribution in [0.15, 0.2) is 22.7 Å². The molecule has 0 radical (unpaired) electrons. The van der Waals surface area contributed by atoms with Crippen LogP contribution in [0, 0.1) is 17.2 Å². The molecule has 0 bridgehead atoms. The molecule has 1 aliphatic rings. The summed E-state index contributed by atoms with van der Waals surface area (Å²) in [5.74, 6) is 0.221. The third-order valence-electron chi connectivity index (χ3n) is 4.80. The molecule has 0 spiro atoms. The van der Waals surface area contributed by atoms with E-state index in [2.05, 4.69) is 22.9 Å². The van der Waals surface area contributed by atoms with Gasteiger partial charge in [-0.15, -0.1) is 0 Å². The van der Waals surface area contributed by atoms with Gasteiger partial charge in [-0.05, 0) is 30.9 Å². The molecule has 3 unspecified atom stereocenters. The molecule has 1 aromatic carbocycles. The van der Waals surface area contributed by atoms with E-state index in [9.17, 15) is 9.50 Å². The Balaban J connectivity index is 2.30. The summed E-state index contributed by atoms with van der Waals surface area (Å²) in [6, 6.07) is 4.84. The van der Waals surface area contributed by atoms with Gasteiger partial charge >= 0.3 is 0 Å². The van der Waals surface area contributed by atoms with Crippen LogP contribution in [0.4, 0.5) is 4.39 Å². The number of hydrogen-bond donors (Lipinski definition) is 2. The number of aliphatic hydroxyl groups excluding tert-OH is 1. The smallest absolute Gasteiger partial charge is 0.130 e. The minimum atomic E-state index is -0.824. The highest BCUT2D eigenvalue weighted by atomic mass is 79.9. The van der Waals surface area contributed by atoms with Crippen LogP contribution in [-0.2, 0) is 0 Å². The molecule has 0 heterocycles. The monoisotopic (exact) mass is 343 g/mol. The van der Waals surface area contributed by atoms with Crippen molar-refractivity contribution in [3.05, 3.63) is 34.1 Å². The molecule has 2 rings (SSSR count). The molecule has 2 nitrogen and oxygen atoms in total. The lowest BCUT2D eigenvalue weighted by atomic mass is 9.64. The highest BCUT2D eigenvalue weighted by Gasteiger charge is 2.42. The molecule has 3 N–H and O–H groups in total. The van der Waals surface area contributed by atoms with Crippen LogP contribution < -0.4 is 5.73 Å². The number of aliphatic hydroxyl groups is 1. The molecule has 1 fully saturated rings. The predicted octanol–water partition coefficient (Wildman–Crippen LogP) is 4.17. The van der Waals surface area contributed by atoms with E-state index < -0.39 is 6.10 Å². The number of nitrogens with two attached hydrogens (primary N) is 1. The van der Waals surface area contributed by atoms with Gasteiger partial charge in [0.05, 0.1) is 6.10 Å². The lowest BCUT2D eigenvalue weighted by Crippen LogP contribution is -2.41. The van der Waals surface area contributed by atoms with Crippen molar-refractivity contribution >= 4 is 15.9 Å². The molecule has 0 amide bonds. The Hall–Kier alpha value is -0.450. The number of benzene rings is 1. The predicted molar refractivity (Wildman–Crippen MR) is 82.8 cm³/mol. The molecule has 0 aromatic heterocycles. The summed E-state index contributed by atoms with van der Waals surface area (Å²) in [6.07, 6.45) is 4.28. The first-order valence-corrected chi connectivity index (χ1v) is 8.15. The summed E-state index contributed by atoms with van der Waals surface area (Å²) in [4.78, 5) is 0. The minimum absolute atomic E-state index is 0.363. The Morgan fingerprint density at radius 1 is 1.55 bits per heavy atom. The Bertz CT molecular complexity index is 468. The van der Waals surface area contributed by atoms with E-state index in [1.165, 1.54) is 12.5 Å². The summed E-state index contributed by atoms with van der Waals surface area (Å²) in [6.45, 7) is 2.57. The van der Waals surface area contributed by atoms with Crippen LogP contribution in [0.1, 0.15) is 50.7 Å². The largest absolute Gasteiger partial charge is 0.388 e. The van der Waals surface area contributed by atoms with E-state index in [1.807, 2.05) is 0 Å². The fourth-order valence-electron chi connectivity index (χ4n) is 3.47. The van der Waals surface area contributed by atoms with Gasteiger partial charge in [0.1, 0.15) is 5.82 Å². The Kier molecular flexibility index (Phi) is 5.21. The van der Waals surface area contributed by atoms with Gasteiger partial charge < -0.3 is 10.8 Å². The van der Waals surface area contributed by atoms with Gasteiger partial charge in [0.25, 0.3) is 0 Å². The van der Waals surface area contributed by atoms with Crippen molar-refractivity contribution in [2.75, 3.05) is 6.54 Å². The van der Waals surface area contributed by atoms with Crippen LogP contribution in [0.2, 0.25) is 0 Å².